The van der Waals surface area contributed by atoms with Gasteiger partial charge < -0.3 is 9.80 Å². The normalized spacial score (nSPS) is 13.1. The number of carbonyl (C=O) groups excluding carboxylic acids is 2. The zero-order valence-electron chi connectivity index (χ0n) is 22.6. The maximum atomic E-state index is 12.4. The largest absolute Gasteiger partial charge is 0.345 e. The van der Waals surface area contributed by atoms with Gasteiger partial charge in [-0.05, 0) is 37.5 Å². The van der Waals surface area contributed by atoms with E-state index in [1.165, 1.54) is 51.4 Å². The summed E-state index contributed by atoms with van der Waals surface area (Å²) >= 11 is 0. The molecule has 0 heterocycles. The first kappa shape index (κ1) is 30.9. The second-order valence-electron chi connectivity index (χ2n) is 10.0. The molecule has 32 heavy (non-hydrogen) atoms. The smallest absolute Gasteiger partial charge is 0.222 e. The molecule has 0 aliphatic rings. The molecule has 2 amide bonds. The van der Waals surface area contributed by atoms with E-state index in [1.807, 2.05) is 23.9 Å². The van der Waals surface area contributed by atoms with Crippen LogP contribution in [0.2, 0.25) is 0 Å². The summed E-state index contributed by atoms with van der Waals surface area (Å²) in [5.74, 6) is 1.90. The Morgan fingerprint density at radius 3 is 1.22 bits per heavy atom. The maximum Gasteiger partial charge on any atom is 0.222 e. The monoisotopic (exact) mass is 452 g/mol. The number of amides is 2. The zero-order valence-corrected chi connectivity index (χ0v) is 22.6. The van der Waals surface area contributed by atoms with Crippen molar-refractivity contribution in [3.63, 3.8) is 0 Å². The molecule has 0 radical (unpaired) electrons. The fraction of sp³-hybridized carbons (Fsp3) is 0.929. The van der Waals surface area contributed by atoms with Gasteiger partial charge in [0.05, 0.1) is 0 Å². The minimum atomic E-state index is 0.304. The highest BCUT2D eigenvalue weighted by molar-refractivity contribution is 5.76. The Labute approximate surface area is 200 Å². The second-order valence-corrected chi connectivity index (χ2v) is 10.0. The number of hydrogen-bond acceptors (Lipinski definition) is 2. The van der Waals surface area contributed by atoms with Crippen LogP contribution in [-0.2, 0) is 9.59 Å². The Hall–Kier alpha value is -1.06. The van der Waals surface area contributed by atoms with E-state index in [1.54, 1.807) is 0 Å². The number of unbranched alkanes of at least 4 members (excludes halogenated alkanes) is 7. The summed E-state index contributed by atoms with van der Waals surface area (Å²) in [5.41, 5.74) is 0. The summed E-state index contributed by atoms with van der Waals surface area (Å²) in [4.78, 5) is 28.7. The minimum Gasteiger partial charge on any atom is -0.345 e. The van der Waals surface area contributed by atoms with Gasteiger partial charge in [-0.1, -0.05) is 91.9 Å². The molecule has 2 unspecified atom stereocenters. The van der Waals surface area contributed by atoms with E-state index < -0.39 is 0 Å². The van der Waals surface area contributed by atoms with Crippen LogP contribution >= 0.6 is 0 Å². The molecule has 0 aliphatic carbocycles. The van der Waals surface area contributed by atoms with Crippen LogP contribution in [0.5, 0.6) is 0 Å². The Morgan fingerprint density at radius 2 is 0.906 bits per heavy atom. The van der Waals surface area contributed by atoms with Crippen LogP contribution < -0.4 is 0 Å². The molecule has 0 spiro atoms. The van der Waals surface area contributed by atoms with Crippen LogP contribution in [0.15, 0.2) is 0 Å². The van der Waals surface area contributed by atoms with Crippen molar-refractivity contribution < 1.29 is 9.59 Å². The molecule has 4 heteroatoms. The Morgan fingerprint density at radius 1 is 0.562 bits per heavy atom. The van der Waals surface area contributed by atoms with Crippen molar-refractivity contribution in [1.29, 1.82) is 0 Å². The molecule has 2 atom stereocenters. The molecule has 0 bridgehead atoms. The molecule has 0 aromatic rings. The van der Waals surface area contributed by atoms with E-state index in [0.29, 0.717) is 36.5 Å². The lowest BCUT2D eigenvalue weighted by molar-refractivity contribution is -0.131. The first-order chi connectivity index (χ1) is 15.4. The third kappa shape index (κ3) is 15.7. The van der Waals surface area contributed by atoms with Gasteiger partial charge in [-0.15, -0.1) is 0 Å². The molecular formula is C28H56N2O2. The van der Waals surface area contributed by atoms with Gasteiger partial charge in [0.15, 0.2) is 0 Å². The van der Waals surface area contributed by atoms with Gasteiger partial charge >= 0.3 is 0 Å². The van der Waals surface area contributed by atoms with Crippen molar-refractivity contribution in [2.24, 2.45) is 11.8 Å². The first-order valence-corrected chi connectivity index (χ1v) is 13.9. The van der Waals surface area contributed by atoms with Crippen molar-refractivity contribution in [1.82, 2.24) is 9.80 Å². The van der Waals surface area contributed by atoms with Crippen LogP contribution in [0.4, 0.5) is 0 Å². The van der Waals surface area contributed by atoms with Gasteiger partial charge in [0.25, 0.3) is 0 Å². The fourth-order valence-corrected chi connectivity index (χ4v) is 4.45. The van der Waals surface area contributed by atoms with E-state index in [9.17, 15) is 9.59 Å². The predicted octanol–water partition coefficient (Wildman–Crippen LogP) is 7.46. The summed E-state index contributed by atoms with van der Waals surface area (Å²) in [6, 6.07) is 0. The van der Waals surface area contributed by atoms with Crippen LogP contribution in [0.25, 0.3) is 0 Å². The van der Waals surface area contributed by atoms with Gasteiger partial charge in [0, 0.05) is 40.0 Å². The molecular weight excluding hydrogens is 396 g/mol. The van der Waals surface area contributed by atoms with Crippen LogP contribution in [0, 0.1) is 11.8 Å². The lowest BCUT2D eigenvalue weighted by Crippen LogP contribution is -2.31. The van der Waals surface area contributed by atoms with Crippen molar-refractivity contribution in [2.45, 2.75) is 130 Å². The Balaban J connectivity index is 3.81. The number of rotatable bonds is 21. The summed E-state index contributed by atoms with van der Waals surface area (Å²) in [6.07, 6.45) is 17.7. The molecule has 0 aromatic heterocycles. The lowest BCUT2D eigenvalue weighted by atomic mass is 9.98. The second kappa shape index (κ2) is 20.5. The van der Waals surface area contributed by atoms with E-state index >= 15 is 0 Å². The summed E-state index contributed by atoms with van der Waals surface area (Å²) in [5, 5.41) is 0. The molecule has 0 rings (SSSR count). The molecule has 190 valence electrons. The molecule has 0 aliphatic heterocycles. The first-order valence-electron chi connectivity index (χ1n) is 13.9. The Kier molecular flexibility index (Phi) is 19.9. The predicted molar refractivity (Wildman–Crippen MR) is 139 cm³/mol. The van der Waals surface area contributed by atoms with E-state index in [4.69, 9.17) is 0 Å². The highest BCUT2D eigenvalue weighted by Gasteiger charge is 2.15. The van der Waals surface area contributed by atoms with Gasteiger partial charge in [-0.25, -0.2) is 0 Å². The van der Waals surface area contributed by atoms with Gasteiger partial charge in [0.1, 0.15) is 0 Å². The quantitative estimate of drug-likeness (QED) is 0.170. The summed E-state index contributed by atoms with van der Waals surface area (Å²) < 4.78 is 0. The van der Waals surface area contributed by atoms with Crippen LogP contribution in [-0.4, -0.2) is 48.8 Å². The Bertz CT molecular complexity index is 424. The fourth-order valence-electron chi connectivity index (χ4n) is 4.45. The van der Waals surface area contributed by atoms with Gasteiger partial charge in [-0.3, -0.25) is 9.59 Å². The minimum absolute atomic E-state index is 0.304. The molecule has 4 nitrogen and oxygen atoms in total. The van der Waals surface area contributed by atoms with Crippen molar-refractivity contribution in [3.8, 4) is 0 Å². The van der Waals surface area contributed by atoms with E-state index in [0.717, 1.165) is 51.6 Å². The zero-order chi connectivity index (χ0) is 24.2. The average molecular weight is 453 g/mol. The maximum absolute atomic E-state index is 12.4. The van der Waals surface area contributed by atoms with Crippen molar-refractivity contribution in [2.75, 3.05) is 27.2 Å². The summed E-state index contributed by atoms with van der Waals surface area (Å²) in [7, 11) is 3.94. The number of carbonyl (C=O) groups is 2. The number of nitrogens with zero attached hydrogens (tertiary/aromatic N) is 2. The molecule has 0 saturated carbocycles. The van der Waals surface area contributed by atoms with Crippen LogP contribution in [0.3, 0.4) is 0 Å². The lowest BCUT2D eigenvalue weighted by Gasteiger charge is -2.23. The van der Waals surface area contributed by atoms with Crippen LogP contribution in [0.1, 0.15) is 130 Å². The van der Waals surface area contributed by atoms with Crippen molar-refractivity contribution >= 4 is 11.8 Å². The highest BCUT2D eigenvalue weighted by atomic mass is 16.2. The molecule has 0 fully saturated rings. The topological polar surface area (TPSA) is 40.6 Å². The standard InChI is InChI=1S/C28H56N2O2/c1-7-11-19-25(9-3)23-29(5)27(31)21-17-15-13-14-16-18-22-28(32)30(6)24-26(10-4)20-12-8-2/h25-26H,7-24H2,1-6H3. The average Bonchev–Trinajstić information content (AvgIpc) is 2.80. The van der Waals surface area contributed by atoms with Gasteiger partial charge in [0.2, 0.25) is 11.8 Å². The summed E-state index contributed by atoms with van der Waals surface area (Å²) in [6.45, 7) is 10.8. The van der Waals surface area contributed by atoms with Crippen molar-refractivity contribution in [3.05, 3.63) is 0 Å². The van der Waals surface area contributed by atoms with E-state index in [2.05, 4.69) is 27.7 Å². The number of hydrogen-bond donors (Lipinski definition) is 0. The van der Waals surface area contributed by atoms with E-state index in [-0.39, 0.29) is 0 Å². The SMILES string of the molecule is CCCCC(CC)CN(C)C(=O)CCCCCCCCC(=O)N(C)CC(CC)CCCC. The highest BCUT2D eigenvalue weighted by Crippen LogP contribution is 2.16. The third-order valence-corrected chi connectivity index (χ3v) is 7.03. The molecule has 0 saturated heterocycles. The third-order valence-electron chi connectivity index (χ3n) is 7.03. The molecule has 0 aromatic carbocycles. The molecule has 0 N–H and O–H groups in total. The van der Waals surface area contributed by atoms with Gasteiger partial charge in [-0.2, -0.15) is 0 Å².